The fraction of sp³-hybridized carbons (Fsp3) is 0.375. The van der Waals surface area contributed by atoms with E-state index >= 15 is 0 Å². The summed E-state index contributed by atoms with van der Waals surface area (Å²) in [6, 6.07) is 3.42. The molecule has 0 saturated heterocycles. The average Bonchev–Trinajstić information content (AvgIpc) is 2.58. The Morgan fingerprint density at radius 3 is 1.64 bits per heavy atom. The molecule has 0 amide bonds. The van der Waals surface area contributed by atoms with E-state index in [1.54, 1.807) is 40.6 Å². The van der Waals surface area contributed by atoms with Crippen LogP contribution < -0.4 is 23.7 Å². The molecule has 0 atom stereocenters. The van der Waals surface area contributed by atoms with Crippen molar-refractivity contribution in [2.75, 3.05) is 35.5 Å². The minimum absolute atomic E-state index is 0.188. The maximum atomic E-state index is 9.59. The van der Waals surface area contributed by atoms with Gasteiger partial charge in [-0.3, -0.25) is 0 Å². The van der Waals surface area contributed by atoms with Gasteiger partial charge in [0.05, 0.1) is 52.9 Å². The maximum absolute atomic E-state index is 9.59. The van der Waals surface area contributed by atoms with Gasteiger partial charge in [0, 0.05) is 11.6 Å². The largest absolute Gasteiger partial charge is 0.496 e. The van der Waals surface area contributed by atoms with E-state index in [9.17, 15) is 5.11 Å². The summed E-state index contributed by atoms with van der Waals surface area (Å²) in [5, 5.41) is 10.9. The van der Waals surface area contributed by atoms with Gasteiger partial charge < -0.3 is 28.8 Å². The van der Waals surface area contributed by atoms with Crippen LogP contribution in [0.3, 0.4) is 0 Å². The summed E-state index contributed by atoms with van der Waals surface area (Å²) in [5.41, 5.74) is 0.595. The van der Waals surface area contributed by atoms with Crippen LogP contribution in [0.15, 0.2) is 12.1 Å². The molecular formula is C16H20O6. The SMILES string of the molecule is COc1cc(OC)c2c(OC)c(CO)cc(OC)c2c1OC. The molecule has 0 heterocycles. The van der Waals surface area contributed by atoms with E-state index in [0.717, 1.165) is 0 Å². The Bertz CT molecular complexity index is 621. The molecule has 0 radical (unpaired) electrons. The predicted molar refractivity (Wildman–Crippen MR) is 82.6 cm³/mol. The van der Waals surface area contributed by atoms with Gasteiger partial charge in [-0.05, 0) is 6.07 Å². The zero-order chi connectivity index (χ0) is 16.3. The van der Waals surface area contributed by atoms with Crippen LogP contribution in [0.25, 0.3) is 10.8 Å². The highest BCUT2D eigenvalue weighted by Crippen LogP contribution is 2.50. The molecule has 0 fully saturated rings. The molecule has 0 aromatic heterocycles. The summed E-state index contributed by atoms with van der Waals surface area (Å²) < 4.78 is 27.2. The molecule has 2 aromatic rings. The number of aliphatic hydroxyl groups excluding tert-OH is 1. The average molecular weight is 308 g/mol. The van der Waals surface area contributed by atoms with Crippen LogP contribution >= 0.6 is 0 Å². The van der Waals surface area contributed by atoms with Crippen molar-refractivity contribution in [2.45, 2.75) is 6.61 Å². The lowest BCUT2D eigenvalue weighted by molar-refractivity contribution is 0.273. The van der Waals surface area contributed by atoms with Crippen molar-refractivity contribution in [3.8, 4) is 28.7 Å². The Kier molecular flexibility index (Phi) is 4.82. The Morgan fingerprint density at radius 1 is 0.682 bits per heavy atom. The minimum Gasteiger partial charge on any atom is -0.496 e. The molecule has 0 aliphatic heterocycles. The number of ether oxygens (including phenoxy) is 5. The van der Waals surface area contributed by atoms with Gasteiger partial charge in [-0.15, -0.1) is 0 Å². The van der Waals surface area contributed by atoms with Gasteiger partial charge in [0.1, 0.15) is 17.2 Å². The Hall–Kier alpha value is -2.34. The Labute approximate surface area is 129 Å². The first kappa shape index (κ1) is 16.0. The van der Waals surface area contributed by atoms with E-state index in [4.69, 9.17) is 23.7 Å². The van der Waals surface area contributed by atoms with Crippen molar-refractivity contribution < 1.29 is 28.8 Å². The van der Waals surface area contributed by atoms with Gasteiger partial charge in [0.15, 0.2) is 11.5 Å². The van der Waals surface area contributed by atoms with Crippen molar-refractivity contribution in [1.29, 1.82) is 0 Å². The van der Waals surface area contributed by atoms with Gasteiger partial charge in [0.25, 0.3) is 0 Å². The van der Waals surface area contributed by atoms with Gasteiger partial charge >= 0.3 is 0 Å². The summed E-state index contributed by atoms with van der Waals surface area (Å²) in [7, 11) is 7.74. The van der Waals surface area contributed by atoms with E-state index in [2.05, 4.69) is 0 Å². The lowest BCUT2D eigenvalue weighted by Crippen LogP contribution is -2.01. The summed E-state index contributed by atoms with van der Waals surface area (Å²) in [6.45, 7) is -0.188. The fourth-order valence-electron chi connectivity index (χ4n) is 2.56. The van der Waals surface area contributed by atoms with Crippen molar-refractivity contribution >= 4 is 10.8 Å². The highest BCUT2D eigenvalue weighted by atomic mass is 16.5. The Balaban J connectivity index is 3.07. The van der Waals surface area contributed by atoms with Crippen molar-refractivity contribution in [3.63, 3.8) is 0 Å². The molecular weight excluding hydrogens is 288 g/mol. The number of rotatable bonds is 6. The third-order valence-electron chi connectivity index (χ3n) is 3.52. The van der Waals surface area contributed by atoms with E-state index in [0.29, 0.717) is 45.1 Å². The number of benzene rings is 2. The number of aliphatic hydroxyl groups is 1. The van der Waals surface area contributed by atoms with E-state index in [1.807, 2.05) is 0 Å². The lowest BCUT2D eigenvalue weighted by Gasteiger charge is -2.20. The molecule has 6 nitrogen and oxygen atoms in total. The molecule has 120 valence electrons. The summed E-state index contributed by atoms with van der Waals surface area (Å²) >= 11 is 0. The molecule has 0 unspecified atom stereocenters. The van der Waals surface area contributed by atoms with Crippen LogP contribution in [0.2, 0.25) is 0 Å². The normalized spacial score (nSPS) is 10.5. The molecule has 0 bridgehead atoms. The summed E-state index contributed by atoms with van der Waals surface area (Å²) in [4.78, 5) is 0. The summed E-state index contributed by atoms with van der Waals surface area (Å²) in [6.07, 6.45) is 0. The van der Waals surface area contributed by atoms with Crippen LogP contribution in [0.4, 0.5) is 0 Å². The van der Waals surface area contributed by atoms with Crippen molar-refractivity contribution in [2.24, 2.45) is 0 Å². The van der Waals surface area contributed by atoms with Gasteiger partial charge in [-0.2, -0.15) is 0 Å². The standard InChI is InChI=1S/C16H20O6/c1-18-10-6-9(8-17)15(21-4)13-11(19-2)7-12(20-3)16(22-5)14(10)13/h6-7,17H,8H2,1-5H3. The molecule has 0 aliphatic rings. The molecule has 1 N–H and O–H groups in total. The fourth-order valence-corrected chi connectivity index (χ4v) is 2.56. The first-order valence-corrected chi connectivity index (χ1v) is 6.64. The molecule has 2 rings (SSSR count). The first-order valence-electron chi connectivity index (χ1n) is 6.64. The number of methoxy groups -OCH3 is 5. The highest BCUT2D eigenvalue weighted by molar-refractivity contribution is 6.04. The zero-order valence-corrected chi connectivity index (χ0v) is 13.4. The van der Waals surface area contributed by atoms with E-state index in [1.165, 1.54) is 7.11 Å². The van der Waals surface area contributed by atoms with Crippen LogP contribution in [0.5, 0.6) is 28.7 Å². The second kappa shape index (κ2) is 6.62. The topological polar surface area (TPSA) is 66.4 Å². The lowest BCUT2D eigenvalue weighted by atomic mass is 10.0. The quantitative estimate of drug-likeness (QED) is 0.884. The second-order valence-electron chi connectivity index (χ2n) is 4.49. The van der Waals surface area contributed by atoms with Crippen LogP contribution in [0.1, 0.15) is 5.56 Å². The van der Waals surface area contributed by atoms with Crippen LogP contribution in [0, 0.1) is 0 Å². The smallest absolute Gasteiger partial charge is 0.172 e. The van der Waals surface area contributed by atoms with Gasteiger partial charge in [0.2, 0.25) is 0 Å². The monoisotopic (exact) mass is 308 g/mol. The van der Waals surface area contributed by atoms with Crippen molar-refractivity contribution in [1.82, 2.24) is 0 Å². The third kappa shape index (κ3) is 2.35. The maximum Gasteiger partial charge on any atom is 0.172 e. The van der Waals surface area contributed by atoms with E-state index in [-0.39, 0.29) is 6.61 Å². The highest BCUT2D eigenvalue weighted by Gasteiger charge is 2.23. The molecule has 6 heteroatoms. The van der Waals surface area contributed by atoms with Crippen LogP contribution in [-0.2, 0) is 6.61 Å². The number of hydrogen-bond acceptors (Lipinski definition) is 6. The van der Waals surface area contributed by atoms with Gasteiger partial charge in [-0.25, -0.2) is 0 Å². The minimum atomic E-state index is -0.188. The second-order valence-corrected chi connectivity index (χ2v) is 4.49. The zero-order valence-electron chi connectivity index (χ0n) is 13.4. The van der Waals surface area contributed by atoms with E-state index < -0.39 is 0 Å². The summed E-state index contributed by atoms with van der Waals surface area (Å²) in [5.74, 6) is 2.62. The molecule has 22 heavy (non-hydrogen) atoms. The van der Waals surface area contributed by atoms with Gasteiger partial charge in [-0.1, -0.05) is 0 Å². The first-order chi connectivity index (χ1) is 10.7. The predicted octanol–water partition coefficient (Wildman–Crippen LogP) is 2.38. The molecule has 0 saturated carbocycles. The molecule has 0 aliphatic carbocycles. The number of hydrogen-bond donors (Lipinski definition) is 1. The van der Waals surface area contributed by atoms with Crippen molar-refractivity contribution in [3.05, 3.63) is 17.7 Å². The van der Waals surface area contributed by atoms with Crippen LogP contribution in [-0.4, -0.2) is 40.7 Å². The number of fused-ring (bicyclic) bond motifs is 1. The molecule has 0 spiro atoms. The Morgan fingerprint density at radius 2 is 1.18 bits per heavy atom. The molecule has 2 aromatic carbocycles. The third-order valence-corrected chi connectivity index (χ3v) is 3.52.